The number of fused-ring (bicyclic) bond motifs is 3. The average molecular weight is 498 g/mol. The van der Waals surface area contributed by atoms with Gasteiger partial charge in [-0.1, -0.05) is 108 Å². The minimum atomic E-state index is -0.414. The first-order chi connectivity index (χ1) is 17.5. The summed E-state index contributed by atoms with van der Waals surface area (Å²) in [6.07, 6.45) is 4.15. The van der Waals surface area contributed by atoms with Crippen LogP contribution in [0.15, 0.2) is 66.7 Å². The average Bonchev–Trinajstić information content (AvgIpc) is 3.15. The van der Waals surface area contributed by atoms with Crippen LogP contribution in [0.5, 0.6) is 5.75 Å². The molecule has 3 aromatic carbocycles. The number of aromatic hydroxyl groups is 1. The Morgan fingerprint density at radius 3 is 2.08 bits per heavy atom. The third-order valence-electron chi connectivity index (χ3n) is 7.03. The highest BCUT2D eigenvalue weighted by molar-refractivity contribution is 5.79. The number of hydrogen-bond acceptors (Lipinski definition) is 3. The Labute approximate surface area is 221 Å². The van der Waals surface area contributed by atoms with Crippen molar-refractivity contribution in [3.05, 3.63) is 94.6 Å². The van der Waals surface area contributed by atoms with E-state index in [9.17, 15) is 9.90 Å². The van der Waals surface area contributed by atoms with E-state index in [0.717, 1.165) is 11.1 Å². The lowest BCUT2D eigenvalue weighted by Crippen LogP contribution is -2.26. The molecule has 0 saturated carbocycles. The topological polar surface area (TPSA) is 58.6 Å². The summed E-state index contributed by atoms with van der Waals surface area (Å²) in [5.41, 5.74) is 7.57. The summed E-state index contributed by atoms with van der Waals surface area (Å²) in [4.78, 5) is 12.4. The molecule has 0 aliphatic heterocycles. The monoisotopic (exact) mass is 497 g/mol. The fourth-order valence-corrected chi connectivity index (χ4v) is 4.91. The van der Waals surface area contributed by atoms with Gasteiger partial charge in [0.1, 0.15) is 12.4 Å². The molecule has 0 aromatic heterocycles. The van der Waals surface area contributed by atoms with E-state index >= 15 is 0 Å². The van der Waals surface area contributed by atoms with Crippen LogP contribution in [-0.4, -0.2) is 24.4 Å². The summed E-state index contributed by atoms with van der Waals surface area (Å²) in [6, 6.07) is 20.8. The lowest BCUT2D eigenvalue weighted by atomic mass is 9.79. The number of ether oxygens (including phenoxy) is 1. The van der Waals surface area contributed by atoms with Gasteiger partial charge in [0.25, 0.3) is 0 Å². The number of carbonyl (C=O) groups excluding carboxylic acids is 1. The largest absolute Gasteiger partial charge is 0.507 e. The minimum absolute atomic E-state index is 0.0258. The molecule has 0 spiro atoms. The molecule has 4 nitrogen and oxygen atoms in total. The van der Waals surface area contributed by atoms with E-state index in [2.05, 4.69) is 83.3 Å². The van der Waals surface area contributed by atoms with Crippen LogP contribution in [0, 0.1) is 0 Å². The zero-order valence-corrected chi connectivity index (χ0v) is 22.9. The van der Waals surface area contributed by atoms with Gasteiger partial charge in [0.15, 0.2) is 0 Å². The molecule has 3 aromatic rings. The fraction of sp³-hybridized carbons (Fsp3) is 0.364. The molecule has 2 N–H and O–H groups in total. The van der Waals surface area contributed by atoms with Crippen molar-refractivity contribution in [2.24, 2.45) is 0 Å². The van der Waals surface area contributed by atoms with Crippen LogP contribution >= 0.6 is 0 Å². The van der Waals surface area contributed by atoms with Crippen molar-refractivity contribution in [2.75, 3.05) is 13.2 Å². The molecule has 194 valence electrons. The summed E-state index contributed by atoms with van der Waals surface area (Å²) < 4.78 is 5.62. The Morgan fingerprint density at radius 2 is 1.51 bits per heavy atom. The third-order valence-corrected chi connectivity index (χ3v) is 7.03. The fourth-order valence-electron chi connectivity index (χ4n) is 4.91. The second-order valence-electron chi connectivity index (χ2n) is 11.9. The molecule has 0 unspecified atom stereocenters. The van der Waals surface area contributed by atoms with Crippen molar-refractivity contribution in [1.82, 2.24) is 5.32 Å². The summed E-state index contributed by atoms with van der Waals surface area (Å²) in [6.45, 7) is 13.6. The number of phenols is 1. The molecule has 0 bridgehead atoms. The van der Waals surface area contributed by atoms with Gasteiger partial charge in [0.05, 0.1) is 0 Å². The van der Waals surface area contributed by atoms with Crippen LogP contribution < -0.4 is 5.32 Å². The van der Waals surface area contributed by atoms with E-state index in [0.29, 0.717) is 25.3 Å². The van der Waals surface area contributed by atoms with Gasteiger partial charge < -0.3 is 15.2 Å². The van der Waals surface area contributed by atoms with Gasteiger partial charge in [-0.25, -0.2) is 4.79 Å². The highest BCUT2D eigenvalue weighted by atomic mass is 16.5. The molecule has 0 atom stereocenters. The molecule has 1 aliphatic carbocycles. The number of alkyl carbamates (subject to hydrolysis) is 1. The van der Waals surface area contributed by atoms with Gasteiger partial charge in [0.2, 0.25) is 0 Å². The van der Waals surface area contributed by atoms with Crippen LogP contribution in [0.1, 0.15) is 81.7 Å². The standard InChI is InChI=1S/C33H39NO3/c1-32(2,3)23-19-22(30(35)29(20-23)33(4,5)6)13-11-12-18-34-31(36)37-21-28-26-16-9-7-14-24(26)25-15-8-10-17-27(25)28/h7-11,13-17,19-20,28,35H,12,18,21H2,1-6H3,(H,34,36). The molecule has 0 saturated heterocycles. The predicted molar refractivity (Wildman–Crippen MR) is 152 cm³/mol. The Hall–Kier alpha value is -3.53. The van der Waals surface area contributed by atoms with Crippen LogP contribution in [0.3, 0.4) is 0 Å². The SMILES string of the molecule is CC(C)(C)c1cc(C=CCCNC(=O)OCC2c3ccccc3-c3ccccc32)c(O)c(C(C)(C)C)c1. The normalized spacial score (nSPS) is 13.5. The molecule has 4 heteroatoms. The number of carbonyl (C=O) groups is 1. The minimum Gasteiger partial charge on any atom is -0.507 e. The molecule has 37 heavy (non-hydrogen) atoms. The zero-order valence-electron chi connectivity index (χ0n) is 22.9. The van der Waals surface area contributed by atoms with Crippen molar-refractivity contribution >= 4 is 12.2 Å². The summed E-state index contributed by atoms with van der Waals surface area (Å²) in [7, 11) is 0. The van der Waals surface area contributed by atoms with Crippen molar-refractivity contribution in [3.63, 3.8) is 0 Å². The van der Waals surface area contributed by atoms with Gasteiger partial charge in [-0.15, -0.1) is 0 Å². The summed E-state index contributed by atoms with van der Waals surface area (Å²) in [5, 5.41) is 13.8. The lowest BCUT2D eigenvalue weighted by Gasteiger charge is -2.27. The predicted octanol–water partition coefficient (Wildman–Crippen LogP) is 7.93. The highest BCUT2D eigenvalue weighted by Gasteiger charge is 2.29. The van der Waals surface area contributed by atoms with Crippen molar-refractivity contribution in [1.29, 1.82) is 0 Å². The second kappa shape index (κ2) is 10.5. The molecule has 1 aliphatic rings. The van der Waals surface area contributed by atoms with E-state index in [1.807, 2.05) is 36.4 Å². The maximum Gasteiger partial charge on any atom is 0.407 e. The molecule has 0 radical (unpaired) electrons. The number of rotatable bonds is 6. The van der Waals surface area contributed by atoms with Gasteiger partial charge >= 0.3 is 6.09 Å². The van der Waals surface area contributed by atoms with E-state index in [1.165, 1.54) is 27.8 Å². The Balaban J connectivity index is 1.34. The van der Waals surface area contributed by atoms with Crippen LogP contribution in [0.25, 0.3) is 17.2 Å². The number of benzene rings is 3. The van der Waals surface area contributed by atoms with Crippen LogP contribution in [-0.2, 0) is 15.6 Å². The molecule has 0 fully saturated rings. The second-order valence-corrected chi connectivity index (χ2v) is 11.9. The Kier molecular flexibility index (Phi) is 7.49. The summed E-state index contributed by atoms with van der Waals surface area (Å²) >= 11 is 0. The van der Waals surface area contributed by atoms with Gasteiger partial charge in [-0.05, 0) is 51.1 Å². The lowest BCUT2D eigenvalue weighted by molar-refractivity contribution is 0.143. The Bertz CT molecular complexity index is 1260. The zero-order chi connectivity index (χ0) is 26.8. The molecule has 1 amide bonds. The third kappa shape index (κ3) is 5.90. The van der Waals surface area contributed by atoms with Gasteiger partial charge in [-0.2, -0.15) is 0 Å². The molecule has 4 rings (SSSR count). The maximum atomic E-state index is 12.4. The Morgan fingerprint density at radius 1 is 0.919 bits per heavy atom. The molecular formula is C33H39NO3. The smallest absolute Gasteiger partial charge is 0.407 e. The molecular weight excluding hydrogens is 458 g/mol. The molecule has 0 heterocycles. The maximum absolute atomic E-state index is 12.4. The van der Waals surface area contributed by atoms with Crippen LogP contribution in [0.2, 0.25) is 0 Å². The van der Waals surface area contributed by atoms with Gasteiger partial charge in [0, 0.05) is 23.6 Å². The van der Waals surface area contributed by atoms with Crippen molar-refractivity contribution in [2.45, 2.75) is 64.7 Å². The van der Waals surface area contributed by atoms with E-state index < -0.39 is 6.09 Å². The number of amides is 1. The van der Waals surface area contributed by atoms with E-state index in [4.69, 9.17) is 4.74 Å². The number of phenolic OH excluding ortho intramolecular Hbond substituents is 1. The quantitative estimate of drug-likeness (QED) is 0.340. The van der Waals surface area contributed by atoms with Crippen molar-refractivity contribution < 1.29 is 14.6 Å². The van der Waals surface area contributed by atoms with Crippen LogP contribution in [0.4, 0.5) is 4.79 Å². The number of nitrogens with one attached hydrogen (secondary N) is 1. The first kappa shape index (κ1) is 26.5. The first-order valence-electron chi connectivity index (χ1n) is 13.1. The highest BCUT2D eigenvalue weighted by Crippen LogP contribution is 2.44. The summed E-state index contributed by atoms with van der Waals surface area (Å²) in [5.74, 6) is 0.370. The number of hydrogen-bond donors (Lipinski definition) is 2. The van der Waals surface area contributed by atoms with Gasteiger partial charge in [-0.3, -0.25) is 0 Å². The van der Waals surface area contributed by atoms with E-state index in [-0.39, 0.29) is 16.7 Å². The first-order valence-corrected chi connectivity index (χ1v) is 13.1. The van der Waals surface area contributed by atoms with Crippen molar-refractivity contribution in [3.8, 4) is 16.9 Å². The van der Waals surface area contributed by atoms with E-state index in [1.54, 1.807) is 0 Å².